The smallest absolute Gasteiger partial charge is 0.304 e. The monoisotopic (exact) mass is 266 g/mol. The molecule has 5 nitrogen and oxygen atoms in total. The Kier molecular flexibility index (Phi) is 3.25. The van der Waals surface area contributed by atoms with Crippen molar-refractivity contribution >= 4 is 11.9 Å². The van der Waals surface area contributed by atoms with Crippen LogP contribution in [0, 0.1) is 11.3 Å². The van der Waals surface area contributed by atoms with Crippen molar-refractivity contribution < 1.29 is 14.7 Å². The molecular formula is C14H22N2O3. The van der Waals surface area contributed by atoms with Crippen molar-refractivity contribution in [3.63, 3.8) is 0 Å². The van der Waals surface area contributed by atoms with Gasteiger partial charge in [0.05, 0.1) is 6.42 Å². The van der Waals surface area contributed by atoms with Gasteiger partial charge in [-0.25, -0.2) is 0 Å². The molecule has 3 rings (SSSR count). The summed E-state index contributed by atoms with van der Waals surface area (Å²) in [6, 6.07) is 0. The van der Waals surface area contributed by atoms with Crippen molar-refractivity contribution in [2.24, 2.45) is 11.3 Å². The van der Waals surface area contributed by atoms with Gasteiger partial charge in [0.15, 0.2) is 0 Å². The average Bonchev–Trinajstić information content (AvgIpc) is 3.12. The molecule has 2 aliphatic carbocycles. The zero-order valence-electron chi connectivity index (χ0n) is 11.3. The Bertz CT molecular complexity index is 384. The van der Waals surface area contributed by atoms with Crippen LogP contribution in [-0.4, -0.2) is 59.5 Å². The minimum Gasteiger partial charge on any atom is -0.481 e. The second kappa shape index (κ2) is 4.78. The summed E-state index contributed by atoms with van der Waals surface area (Å²) >= 11 is 0. The van der Waals surface area contributed by atoms with E-state index in [1.165, 1.54) is 19.3 Å². The predicted molar refractivity (Wildman–Crippen MR) is 69.7 cm³/mol. The van der Waals surface area contributed by atoms with E-state index >= 15 is 0 Å². The zero-order chi connectivity index (χ0) is 13.5. The standard InChI is InChI=1S/C14H22N2O3/c17-12(18)2-5-15-6-8-16(9-7-15)13(19)11-10-14(11)3-1-4-14/h11H,1-10H2,(H,17,18). The molecule has 1 unspecified atom stereocenters. The Hall–Kier alpha value is -1.10. The number of piperazine rings is 1. The van der Waals surface area contributed by atoms with Crippen molar-refractivity contribution in [1.82, 2.24) is 9.80 Å². The lowest BCUT2D eigenvalue weighted by molar-refractivity contribution is -0.139. The number of carboxylic acid groups (broad SMARTS) is 1. The molecular weight excluding hydrogens is 244 g/mol. The molecule has 0 aromatic carbocycles. The van der Waals surface area contributed by atoms with Crippen LogP contribution in [0.25, 0.3) is 0 Å². The summed E-state index contributed by atoms with van der Waals surface area (Å²) in [5.41, 5.74) is 0.414. The van der Waals surface area contributed by atoms with Gasteiger partial charge in [0.25, 0.3) is 0 Å². The van der Waals surface area contributed by atoms with E-state index in [0.29, 0.717) is 23.8 Å². The lowest BCUT2D eigenvalue weighted by atomic mass is 9.79. The highest BCUT2D eigenvalue weighted by Gasteiger charge is 2.61. The largest absolute Gasteiger partial charge is 0.481 e. The zero-order valence-corrected chi connectivity index (χ0v) is 11.3. The molecule has 1 heterocycles. The number of nitrogens with zero attached hydrogens (tertiary/aromatic N) is 2. The van der Waals surface area contributed by atoms with E-state index < -0.39 is 5.97 Å². The fourth-order valence-electron chi connectivity index (χ4n) is 3.55. The predicted octanol–water partition coefficient (Wildman–Crippen LogP) is 0.795. The summed E-state index contributed by atoms with van der Waals surface area (Å²) in [6.07, 6.45) is 5.11. The molecule has 0 aromatic rings. The molecule has 3 aliphatic rings. The third-order valence-electron chi connectivity index (χ3n) is 5.16. The normalized spacial score (nSPS) is 29.1. The molecule has 1 amide bonds. The quantitative estimate of drug-likeness (QED) is 0.817. The van der Waals surface area contributed by atoms with Gasteiger partial charge in [-0.3, -0.25) is 14.5 Å². The first-order chi connectivity index (χ1) is 9.11. The van der Waals surface area contributed by atoms with Gasteiger partial charge < -0.3 is 10.0 Å². The van der Waals surface area contributed by atoms with Gasteiger partial charge in [0.1, 0.15) is 0 Å². The van der Waals surface area contributed by atoms with E-state index in [1.807, 2.05) is 4.90 Å². The van der Waals surface area contributed by atoms with Gasteiger partial charge in [-0.15, -0.1) is 0 Å². The molecule has 1 N–H and O–H groups in total. The summed E-state index contributed by atoms with van der Waals surface area (Å²) in [5.74, 6) is -0.0761. The van der Waals surface area contributed by atoms with E-state index in [1.54, 1.807) is 0 Å². The molecule has 19 heavy (non-hydrogen) atoms. The minimum atomic E-state index is -0.747. The van der Waals surface area contributed by atoms with Crippen LogP contribution in [0.2, 0.25) is 0 Å². The number of carbonyl (C=O) groups excluding carboxylic acids is 1. The topological polar surface area (TPSA) is 60.9 Å². The maximum Gasteiger partial charge on any atom is 0.304 e. The first-order valence-electron chi connectivity index (χ1n) is 7.34. The first kappa shape index (κ1) is 12.9. The lowest BCUT2D eigenvalue weighted by Crippen LogP contribution is -2.50. The van der Waals surface area contributed by atoms with Crippen LogP contribution in [0.3, 0.4) is 0 Å². The molecule has 1 aliphatic heterocycles. The number of carbonyl (C=O) groups is 2. The third kappa shape index (κ3) is 2.48. The second-order valence-electron chi connectivity index (χ2n) is 6.28. The Morgan fingerprint density at radius 2 is 1.84 bits per heavy atom. The average molecular weight is 266 g/mol. The SMILES string of the molecule is O=C(O)CCN1CCN(C(=O)C2CC23CCC3)CC1. The molecule has 2 saturated carbocycles. The Morgan fingerprint density at radius 3 is 2.32 bits per heavy atom. The van der Waals surface area contributed by atoms with Crippen molar-refractivity contribution in [3.8, 4) is 0 Å². The van der Waals surface area contributed by atoms with Crippen molar-refractivity contribution in [3.05, 3.63) is 0 Å². The van der Waals surface area contributed by atoms with Gasteiger partial charge in [-0.1, -0.05) is 6.42 Å². The van der Waals surface area contributed by atoms with Crippen LogP contribution >= 0.6 is 0 Å². The van der Waals surface area contributed by atoms with E-state index in [-0.39, 0.29) is 6.42 Å². The molecule has 106 valence electrons. The van der Waals surface area contributed by atoms with Gasteiger partial charge in [-0.2, -0.15) is 0 Å². The Morgan fingerprint density at radius 1 is 1.16 bits per heavy atom. The fourth-order valence-corrected chi connectivity index (χ4v) is 3.55. The number of rotatable bonds is 4. The summed E-state index contributed by atoms with van der Waals surface area (Å²) in [5, 5.41) is 8.67. The summed E-state index contributed by atoms with van der Waals surface area (Å²) in [7, 11) is 0. The minimum absolute atomic E-state index is 0.194. The highest BCUT2D eigenvalue weighted by atomic mass is 16.4. The maximum atomic E-state index is 12.4. The molecule has 0 radical (unpaired) electrons. The van der Waals surface area contributed by atoms with Crippen LogP contribution in [0.5, 0.6) is 0 Å². The molecule has 1 spiro atoms. The number of aliphatic carboxylic acids is 1. The molecule has 3 fully saturated rings. The molecule has 0 aromatic heterocycles. The molecule has 0 bridgehead atoms. The summed E-state index contributed by atoms with van der Waals surface area (Å²) < 4.78 is 0. The van der Waals surface area contributed by atoms with Gasteiger partial charge in [0, 0.05) is 38.6 Å². The summed E-state index contributed by atoms with van der Waals surface area (Å²) in [4.78, 5) is 27.0. The van der Waals surface area contributed by atoms with Crippen LogP contribution in [0.15, 0.2) is 0 Å². The number of amides is 1. The first-order valence-corrected chi connectivity index (χ1v) is 7.34. The highest BCUT2D eigenvalue weighted by Crippen LogP contribution is 2.65. The number of hydrogen-bond acceptors (Lipinski definition) is 3. The van der Waals surface area contributed by atoms with E-state index in [2.05, 4.69) is 4.90 Å². The Labute approximate surface area is 113 Å². The second-order valence-corrected chi connectivity index (χ2v) is 6.28. The van der Waals surface area contributed by atoms with Crippen LogP contribution < -0.4 is 0 Å². The van der Waals surface area contributed by atoms with Crippen molar-refractivity contribution in [1.29, 1.82) is 0 Å². The van der Waals surface area contributed by atoms with Gasteiger partial charge >= 0.3 is 5.97 Å². The highest BCUT2D eigenvalue weighted by molar-refractivity contribution is 5.83. The molecule has 1 saturated heterocycles. The van der Waals surface area contributed by atoms with E-state index in [0.717, 1.165) is 32.6 Å². The third-order valence-corrected chi connectivity index (χ3v) is 5.16. The van der Waals surface area contributed by atoms with Crippen LogP contribution in [-0.2, 0) is 9.59 Å². The van der Waals surface area contributed by atoms with Gasteiger partial charge in [-0.05, 0) is 24.7 Å². The Balaban J connectivity index is 1.43. The molecule has 1 atom stereocenters. The summed E-state index contributed by atoms with van der Waals surface area (Å²) in [6.45, 7) is 3.78. The fraction of sp³-hybridized carbons (Fsp3) is 0.857. The van der Waals surface area contributed by atoms with Crippen LogP contribution in [0.1, 0.15) is 32.1 Å². The van der Waals surface area contributed by atoms with Crippen molar-refractivity contribution in [2.75, 3.05) is 32.7 Å². The molecule has 5 heteroatoms. The van der Waals surface area contributed by atoms with Crippen LogP contribution in [0.4, 0.5) is 0 Å². The maximum absolute atomic E-state index is 12.4. The van der Waals surface area contributed by atoms with E-state index in [9.17, 15) is 9.59 Å². The number of carboxylic acids is 1. The number of hydrogen-bond donors (Lipinski definition) is 1. The van der Waals surface area contributed by atoms with E-state index in [4.69, 9.17) is 5.11 Å². The van der Waals surface area contributed by atoms with Gasteiger partial charge in [0.2, 0.25) is 5.91 Å². The lowest BCUT2D eigenvalue weighted by Gasteiger charge is -2.36. The van der Waals surface area contributed by atoms with Crippen molar-refractivity contribution in [2.45, 2.75) is 32.1 Å².